The smallest absolute Gasteiger partial charge is 0.408 e. The minimum atomic E-state index is -0.984. The first kappa shape index (κ1) is 37.7. The summed E-state index contributed by atoms with van der Waals surface area (Å²) in [7, 11) is 0. The van der Waals surface area contributed by atoms with Gasteiger partial charge >= 0.3 is 6.09 Å². The summed E-state index contributed by atoms with van der Waals surface area (Å²) in [6.45, 7) is 2.27. The summed E-state index contributed by atoms with van der Waals surface area (Å²) in [5, 5.41) is 12.2. The molecule has 2 aliphatic rings. The lowest BCUT2D eigenvalue weighted by Crippen LogP contribution is -2.41. The number of nitrogens with zero attached hydrogens (tertiary/aromatic N) is 2. The molecule has 2 heterocycles. The second kappa shape index (κ2) is 18.1. The highest BCUT2D eigenvalue weighted by atomic mass is 16.7. The third kappa shape index (κ3) is 10.1. The van der Waals surface area contributed by atoms with Crippen LogP contribution in [0, 0.1) is 0 Å². The Morgan fingerprint density at radius 3 is 1.87 bits per heavy atom. The Balaban J connectivity index is 1.03. The van der Waals surface area contributed by atoms with Gasteiger partial charge < -0.3 is 24.6 Å². The Kier molecular flexibility index (Phi) is 12.4. The molecule has 5 aromatic rings. The van der Waals surface area contributed by atoms with E-state index in [-0.39, 0.29) is 44.3 Å². The van der Waals surface area contributed by atoms with E-state index in [0.29, 0.717) is 13.0 Å². The molecule has 2 N–H and O–H groups in total. The van der Waals surface area contributed by atoms with Crippen molar-refractivity contribution in [2.24, 2.45) is 0 Å². The predicted octanol–water partition coefficient (Wildman–Crippen LogP) is 6.98. The van der Waals surface area contributed by atoms with Crippen LogP contribution >= 0.6 is 0 Å². The number of hydrogen-bond donors (Lipinski definition) is 2. The summed E-state index contributed by atoms with van der Waals surface area (Å²) in [6.07, 6.45) is -1.34. The van der Waals surface area contributed by atoms with Crippen LogP contribution in [0.5, 0.6) is 0 Å². The van der Waals surface area contributed by atoms with Gasteiger partial charge in [-0.1, -0.05) is 140 Å². The molecule has 0 spiro atoms. The van der Waals surface area contributed by atoms with Gasteiger partial charge in [-0.2, -0.15) is 0 Å². The van der Waals surface area contributed by atoms with Crippen LogP contribution in [0.1, 0.15) is 64.2 Å². The van der Waals surface area contributed by atoms with Gasteiger partial charge in [-0.05, 0) is 33.4 Å². The third-order valence-electron chi connectivity index (χ3n) is 9.92. The highest BCUT2D eigenvalue weighted by molar-refractivity contribution is 6.06. The molecule has 0 aliphatic carbocycles. The average molecular weight is 740 g/mol. The predicted molar refractivity (Wildman–Crippen MR) is 206 cm³/mol. The number of carbonyl (C=O) groups excluding carboxylic acids is 3. The number of aliphatic hydroxyl groups excluding tert-OH is 1. The highest BCUT2D eigenvalue weighted by Gasteiger charge is 2.40. The van der Waals surface area contributed by atoms with Crippen LogP contribution in [-0.2, 0) is 56.6 Å². The lowest BCUT2D eigenvalue weighted by atomic mass is 9.99. The maximum Gasteiger partial charge on any atom is 0.408 e. The van der Waals surface area contributed by atoms with Gasteiger partial charge in [0.2, 0.25) is 5.91 Å². The number of rotatable bonds is 14. The molecule has 55 heavy (non-hydrogen) atoms. The molecule has 2 aliphatic heterocycles. The summed E-state index contributed by atoms with van der Waals surface area (Å²) in [4.78, 5) is 42.1. The van der Waals surface area contributed by atoms with Gasteiger partial charge in [0.1, 0.15) is 12.6 Å². The first-order chi connectivity index (χ1) is 26.9. The van der Waals surface area contributed by atoms with Crippen molar-refractivity contribution in [1.29, 1.82) is 0 Å². The number of imide groups is 1. The average Bonchev–Trinajstić information content (AvgIpc) is 3.48. The van der Waals surface area contributed by atoms with Crippen molar-refractivity contribution in [3.63, 3.8) is 0 Å². The Labute approximate surface area is 321 Å². The zero-order valence-corrected chi connectivity index (χ0v) is 30.5. The van der Waals surface area contributed by atoms with Crippen molar-refractivity contribution < 1.29 is 33.7 Å². The Bertz CT molecular complexity index is 1970. The van der Waals surface area contributed by atoms with Gasteiger partial charge in [0.15, 0.2) is 6.29 Å². The summed E-state index contributed by atoms with van der Waals surface area (Å²) in [6, 6.07) is 44.4. The number of carbonyl (C=O) groups is 3. The van der Waals surface area contributed by atoms with Crippen LogP contribution in [0.2, 0.25) is 0 Å². The molecule has 2 saturated heterocycles. The van der Waals surface area contributed by atoms with E-state index in [1.807, 2.05) is 91.0 Å². The topological polar surface area (TPSA) is 118 Å². The molecule has 0 aromatic heterocycles. The molecule has 7 rings (SSSR count). The van der Waals surface area contributed by atoms with Gasteiger partial charge in [-0.15, -0.1) is 0 Å². The Morgan fingerprint density at radius 2 is 1.27 bits per heavy atom. The zero-order chi connectivity index (χ0) is 38.0. The van der Waals surface area contributed by atoms with E-state index in [0.717, 1.165) is 40.9 Å². The van der Waals surface area contributed by atoms with E-state index in [1.54, 1.807) is 0 Å². The lowest BCUT2D eigenvalue weighted by Gasteiger charge is -2.38. The summed E-state index contributed by atoms with van der Waals surface area (Å²) < 4.78 is 18.6. The number of alkyl carbamates (subject to hydrolysis) is 1. The molecule has 10 heteroatoms. The van der Waals surface area contributed by atoms with Crippen molar-refractivity contribution in [3.8, 4) is 0 Å². The molecule has 0 saturated carbocycles. The zero-order valence-electron chi connectivity index (χ0n) is 30.5. The first-order valence-corrected chi connectivity index (χ1v) is 18.6. The van der Waals surface area contributed by atoms with Crippen LogP contribution in [0.3, 0.4) is 0 Å². The van der Waals surface area contributed by atoms with E-state index in [4.69, 9.17) is 14.2 Å². The monoisotopic (exact) mass is 739 g/mol. The number of ether oxygens (including phenoxy) is 3. The maximum atomic E-state index is 13.2. The van der Waals surface area contributed by atoms with E-state index < -0.39 is 24.3 Å². The van der Waals surface area contributed by atoms with Gasteiger partial charge in [-0.3, -0.25) is 19.4 Å². The molecule has 4 atom stereocenters. The normalized spacial score (nSPS) is 19.8. The van der Waals surface area contributed by atoms with Crippen LogP contribution in [-0.4, -0.2) is 51.5 Å². The van der Waals surface area contributed by atoms with E-state index >= 15 is 0 Å². The number of hydrogen-bond acceptors (Lipinski definition) is 8. The van der Waals surface area contributed by atoms with Gasteiger partial charge in [0, 0.05) is 31.6 Å². The van der Waals surface area contributed by atoms with Crippen molar-refractivity contribution in [3.05, 3.63) is 178 Å². The van der Waals surface area contributed by atoms with Crippen molar-refractivity contribution in [1.82, 2.24) is 15.1 Å². The largest absolute Gasteiger partial charge is 0.445 e. The highest BCUT2D eigenvalue weighted by Crippen LogP contribution is 2.38. The molecule has 1 unspecified atom stereocenters. The van der Waals surface area contributed by atoms with Crippen LogP contribution < -0.4 is 5.32 Å². The second-order valence-corrected chi connectivity index (χ2v) is 14.0. The number of nitrogens with one attached hydrogen (secondary N) is 1. The minimum Gasteiger partial charge on any atom is -0.445 e. The molecule has 3 amide bonds. The van der Waals surface area contributed by atoms with Gasteiger partial charge in [0.05, 0.1) is 31.8 Å². The molecular weight excluding hydrogens is 695 g/mol. The van der Waals surface area contributed by atoms with Crippen molar-refractivity contribution >= 4 is 17.9 Å². The Morgan fingerprint density at radius 1 is 0.709 bits per heavy atom. The number of amides is 3. The van der Waals surface area contributed by atoms with E-state index in [2.05, 4.69) is 58.7 Å². The fourth-order valence-corrected chi connectivity index (χ4v) is 7.02. The van der Waals surface area contributed by atoms with Gasteiger partial charge in [-0.25, -0.2) is 4.79 Å². The van der Waals surface area contributed by atoms with Crippen LogP contribution in [0.15, 0.2) is 140 Å². The minimum absolute atomic E-state index is 0.0342. The van der Waals surface area contributed by atoms with E-state index in [1.165, 1.54) is 16.0 Å². The molecule has 0 radical (unpaired) electrons. The van der Waals surface area contributed by atoms with Crippen LogP contribution in [0.4, 0.5) is 4.79 Å². The standard InChI is InChI=1S/C45H45N3O7/c49-30-35-18-20-37(21-19-35)41-24-39(29-47(26-32-10-4-1-5-11-32)27-33-12-6-2-7-13-33)54-44(55-41)38-22-16-34(17-23-38)28-48-42(50)25-40(43(48)51)46-45(52)53-31-36-14-8-3-9-15-36/h1-23,39-41,44,49H,24-31H2,(H,46,52)/t39-,40?,41+,44+/m1/s1. The van der Waals surface area contributed by atoms with Crippen LogP contribution in [0.25, 0.3) is 0 Å². The fourth-order valence-electron chi connectivity index (χ4n) is 7.02. The Hall–Kier alpha value is -5.65. The molecule has 0 bridgehead atoms. The van der Waals surface area contributed by atoms with Crippen molar-refractivity contribution in [2.45, 2.75) is 70.2 Å². The summed E-state index contributed by atoms with van der Waals surface area (Å²) in [5.74, 6) is -0.840. The summed E-state index contributed by atoms with van der Waals surface area (Å²) in [5.41, 5.74) is 6.64. The maximum absolute atomic E-state index is 13.2. The third-order valence-corrected chi connectivity index (χ3v) is 9.92. The molecule has 10 nitrogen and oxygen atoms in total. The fraction of sp³-hybridized carbons (Fsp3) is 0.267. The van der Waals surface area contributed by atoms with Crippen molar-refractivity contribution in [2.75, 3.05) is 6.54 Å². The SMILES string of the molecule is O=C(NC1CC(=O)N(Cc2ccc([C@H]3O[C@@H](CN(Cc4ccccc4)Cc4ccccc4)C[C@@H](c4ccc(CO)cc4)O3)cc2)C1=O)OCc1ccccc1. The second-order valence-electron chi connectivity index (χ2n) is 14.0. The number of benzene rings is 5. The number of likely N-dealkylation sites (tertiary alicyclic amines) is 1. The summed E-state index contributed by atoms with van der Waals surface area (Å²) >= 11 is 0. The lowest BCUT2D eigenvalue weighted by molar-refractivity contribution is -0.253. The number of aliphatic hydroxyl groups is 1. The van der Waals surface area contributed by atoms with Gasteiger partial charge in [0.25, 0.3) is 5.91 Å². The molecule has 282 valence electrons. The molecular formula is C45H45N3O7. The first-order valence-electron chi connectivity index (χ1n) is 18.6. The van der Waals surface area contributed by atoms with E-state index in [9.17, 15) is 19.5 Å². The molecule has 2 fully saturated rings. The molecule has 5 aromatic carbocycles. The quantitative estimate of drug-likeness (QED) is 0.117.